The molecule has 2 aromatic rings. The van der Waals surface area contributed by atoms with Gasteiger partial charge in [-0.15, -0.1) is 0 Å². The maximum atomic E-state index is 12.6. The fourth-order valence-corrected chi connectivity index (χ4v) is 2.57. The van der Waals surface area contributed by atoms with Crippen LogP contribution in [0.3, 0.4) is 0 Å². The zero-order valence-electron chi connectivity index (χ0n) is 16.1. The summed E-state index contributed by atoms with van der Waals surface area (Å²) in [5, 5.41) is 12.1. The van der Waals surface area contributed by atoms with Gasteiger partial charge in [0.15, 0.2) is 5.92 Å². The van der Waals surface area contributed by atoms with Crippen LogP contribution in [-0.4, -0.2) is 22.9 Å². The van der Waals surface area contributed by atoms with Gasteiger partial charge in [-0.3, -0.25) is 9.59 Å². The molecule has 0 aliphatic heterocycles. The third-order valence-corrected chi connectivity index (χ3v) is 4.48. The quantitative estimate of drug-likeness (QED) is 0.233. The van der Waals surface area contributed by atoms with Gasteiger partial charge in [0.05, 0.1) is 5.71 Å². The summed E-state index contributed by atoms with van der Waals surface area (Å²) >= 11 is 0. The van der Waals surface area contributed by atoms with Crippen LogP contribution in [0.1, 0.15) is 31.4 Å². The molecule has 148 valence electrons. The second-order valence-corrected chi connectivity index (χ2v) is 6.62. The van der Waals surface area contributed by atoms with Crippen molar-refractivity contribution in [1.29, 1.82) is 0 Å². The number of oxime groups is 1. The molecule has 0 bridgehead atoms. The Kier molecular flexibility index (Phi) is 8.21. The molecule has 0 heterocycles. The Labute approximate surface area is 164 Å². The Morgan fingerprint density at radius 2 is 1.32 bits per heavy atom. The van der Waals surface area contributed by atoms with E-state index in [0.717, 1.165) is 11.1 Å². The van der Waals surface area contributed by atoms with E-state index in [1.807, 2.05) is 60.7 Å². The number of benzene rings is 2. The van der Waals surface area contributed by atoms with Crippen molar-refractivity contribution in [3.63, 3.8) is 0 Å². The summed E-state index contributed by atoms with van der Waals surface area (Å²) in [6, 6.07) is 18.5. The van der Waals surface area contributed by atoms with Crippen molar-refractivity contribution in [3.05, 3.63) is 71.8 Å². The molecule has 1 N–H and O–H groups in total. The Balaban J connectivity index is 2.04. The summed E-state index contributed by atoms with van der Waals surface area (Å²) in [6.07, 6.45) is 0.136. The van der Waals surface area contributed by atoms with E-state index in [1.54, 1.807) is 13.8 Å². The van der Waals surface area contributed by atoms with Gasteiger partial charge < -0.3 is 14.7 Å². The van der Waals surface area contributed by atoms with E-state index in [2.05, 4.69) is 5.16 Å². The third kappa shape index (κ3) is 6.54. The van der Waals surface area contributed by atoms with Crippen LogP contribution in [0.2, 0.25) is 0 Å². The van der Waals surface area contributed by atoms with Crippen LogP contribution in [-0.2, 0) is 32.3 Å². The number of ether oxygens (including phenoxy) is 2. The summed E-state index contributed by atoms with van der Waals surface area (Å²) in [5.74, 6) is -2.69. The number of hydrogen-bond donors (Lipinski definition) is 1. The van der Waals surface area contributed by atoms with Gasteiger partial charge in [-0.1, -0.05) is 72.7 Å². The summed E-state index contributed by atoms with van der Waals surface area (Å²) in [7, 11) is 0. The first-order valence-electron chi connectivity index (χ1n) is 9.11. The topological polar surface area (TPSA) is 85.2 Å². The normalized spacial score (nSPS) is 12.5. The number of carbonyl (C=O) groups excluding carboxylic acids is 2. The van der Waals surface area contributed by atoms with Gasteiger partial charge in [0.25, 0.3) is 0 Å². The van der Waals surface area contributed by atoms with Crippen LogP contribution in [0, 0.1) is 11.8 Å². The number of hydrogen-bond acceptors (Lipinski definition) is 6. The van der Waals surface area contributed by atoms with Crippen LogP contribution >= 0.6 is 0 Å². The number of esters is 2. The summed E-state index contributed by atoms with van der Waals surface area (Å²) < 4.78 is 10.7. The first kappa shape index (κ1) is 21.2. The average molecular weight is 383 g/mol. The van der Waals surface area contributed by atoms with Crippen LogP contribution in [0.5, 0.6) is 0 Å². The number of carbonyl (C=O) groups is 2. The first-order valence-corrected chi connectivity index (χ1v) is 9.11. The predicted molar refractivity (Wildman–Crippen MR) is 105 cm³/mol. The highest BCUT2D eigenvalue weighted by molar-refractivity contribution is 5.96. The maximum Gasteiger partial charge on any atom is 0.320 e. The van der Waals surface area contributed by atoms with Gasteiger partial charge in [-0.25, -0.2) is 0 Å². The highest BCUT2D eigenvalue weighted by Gasteiger charge is 2.32. The Morgan fingerprint density at radius 1 is 0.893 bits per heavy atom. The van der Waals surface area contributed by atoms with E-state index in [0.29, 0.717) is 5.71 Å². The van der Waals surface area contributed by atoms with Gasteiger partial charge in [0.2, 0.25) is 0 Å². The molecule has 1 atom stereocenters. The minimum Gasteiger partial charge on any atom is -0.460 e. The lowest BCUT2D eigenvalue weighted by Crippen LogP contribution is -2.31. The van der Waals surface area contributed by atoms with Crippen molar-refractivity contribution in [2.75, 3.05) is 0 Å². The van der Waals surface area contributed by atoms with Crippen molar-refractivity contribution in [2.45, 2.75) is 33.5 Å². The number of nitrogens with zero attached hydrogens (tertiary/aromatic N) is 1. The van der Waals surface area contributed by atoms with Crippen LogP contribution in [0.25, 0.3) is 0 Å². The first-order chi connectivity index (χ1) is 13.5. The second-order valence-electron chi connectivity index (χ2n) is 6.62. The van der Waals surface area contributed by atoms with Gasteiger partial charge >= 0.3 is 11.9 Å². The molecule has 2 rings (SSSR count). The lowest BCUT2D eigenvalue weighted by Gasteiger charge is -2.18. The molecule has 0 aliphatic rings. The smallest absolute Gasteiger partial charge is 0.320 e. The van der Waals surface area contributed by atoms with Crippen molar-refractivity contribution in [2.24, 2.45) is 17.0 Å². The zero-order valence-corrected chi connectivity index (χ0v) is 16.1. The molecule has 2 aromatic carbocycles. The van der Waals surface area contributed by atoms with Crippen molar-refractivity contribution in [3.8, 4) is 0 Å². The minimum absolute atomic E-state index is 0.0730. The third-order valence-electron chi connectivity index (χ3n) is 4.48. The molecule has 0 aromatic heterocycles. The fourth-order valence-electron chi connectivity index (χ4n) is 2.57. The van der Waals surface area contributed by atoms with E-state index >= 15 is 0 Å². The predicted octanol–water partition coefficient (Wildman–Crippen LogP) is 3.97. The van der Waals surface area contributed by atoms with Gasteiger partial charge in [0, 0.05) is 0 Å². The summed E-state index contributed by atoms with van der Waals surface area (Å²) in [5.41, 5.74) is 2.08. The maximum absolute atomic E-state index is 12.6. The summed E-state index contributed by atoms with van der Waals surface area (Å²) in [6.45, 7) is 3.55. The zero-order chi connectivity index (χ0) is 20.4. The highest BCUT2D eigenvalue weighted by Crippen LogP contribution is 2.19. The largest absolute Gasteiger partial charge is 0.460 e. The molecule has 0 saturated carbocycles. The molecule has 0 amide bonds. The van der Waals surface area contributed by atoms with E-state index in [9.17, 15) is 9.59 Å². The van der Waals surface area contributed by atoms with E-state index in [1.165, 1.54) is 0 Å². The molecular formula is C22H25NO5. The van der Waals surface area contributed by atoms with Crippen LogP contribution in [0.15, 0.2) is 65.8 Å². The molecule has 6 heteroatoms. The van der Waals surface area contributed by atoms with Crippen molar-refractivity contribution >= 4 is 17.7 Å². The molecule has 6 nitrogen and oxygen atoms in total. The summed E-state index contributed by atoms with van der Waals surface area (Å²) in [4.78, 5) is 25.2. The molecule has 1 unspecified atom stereocenters. The average Bonchev–Trinajstić information content (AvgIpc) is 2.74. The molecule has 0 spiro atoms. The van der Waals surface area contributed by atoms with Crippen LogP contribution < -0.4 is 0 Å². The van der Waals surface area contributed by atoms with Crippen molar-refractivity contribution < 1.29 is 24.3 Å². The fraction of sp³-hybridized carbons (Fsp3) is 0.318. The molecular weight excluding hydrogens is 358 g/mol. The number of rotatable bonds is 9. The van der Waals surface area contributed by atoms with Crippen molar-refractivity contribution in [1.82, 2.24) is 0 Å². The van der Waals surface area contributed by atoms with Gasteiger partial charge in [-0.2, -0.15) is 0 Å². The Morgan fingerprint density at radius 3 is 1.71 bits per heavy atom. The Hall–Kier alpha value is -3.15. The Bertz CT molecular complexity index is 734. The molecule has 0 saturated heterocycles. The molecule has 0 fully saturated rings. The second kappa shape index (κ2) is 10.9. The molecule has 0 radical (unpaired) electrons. The standard InChI is InChI=1S/C22H25NO5/c1-16(17(2)23-26)13-20(21(24)27-14-18-9-5-3-6-10-18)22(25)28-15-19-11-7-4-8-12-19/h3-12,16,20,26H,13-15H2,1-2H3/b23-17+. The van der Waals surface area contributed by atoms with E-state index < -0.39 is 17.9 Å². The van der Waals surface area contributed by atoms with Gasteiger partial charge in [-0.05, 0) is 30.4 Å². The molecule has 28 heavy (non-hydrogen) atoms. The lowest BCUT2D eigenvalue weighted by molar-refractivity contribution is -0.164. The van der Waals surface area contributed by atoms with Gasteiger partial charge in [0.1, 0.15) is 13.2 Å². The highest BCUT2D eigenvalue weighted by atomic mass is 16.6. The van der Waals surface area contributed by atoms with E-state index in [-0.39, 0.29) is 25.6 Å². The lowest BCUT2D eigenvalue weighted by atomic mass is 9.93. The SMILES string of the molecule is C/C(=N\O)C(C)CC(C(=O)OCc1ccccc1)C(=O)OCc1ccccc1. The minimum atomic E-state index is -1.10. The van der Waals surface area contributed by atoms with Crippen LogP contribution in [0.4, 0.5) is 0 Å². The molecule has 0 aliphatic carbocycles. The monoisotopic (exact) mass is 383 g/mol. The van der Waals surface area contributed by atoms with E-state index in [4.69, 9.17) is 14.7 Å².